The van der Waals surface area contributed by atoms with E-state index in [0.29, 0.717) is 0 Å². The number of ether oxygens (including phenoxy) is 2. The lowest BCUT2D eigenvalue weighted by atomic mass is 9.83. The number of hydrogen-bond donors (Lipinski definition) is 0. The Kier molecular flexibility index (Phi) is 9.66. The molecular formula is C38H34O2. The molecule has 0 aromatic heterocycles. The Morgan fingerprint density at radius 1 is 0.650 bits per heavy atom. The highest BCUT2D eigenvalue weighted by molar-refractivity contribution is 5.75. The Bertz CT molecular complexity index is 1420. The summed E-state index contributed by atoms with van der Waals surface area (Å²) in [4.78, 5) is 0. The third kappa shape index (κ3) is 6.74. The van der Waals surface area contributed by atoms with Gasteiger partial charge in [-0.15, -0.1) is 26.0 Å². The predicted octanol–water partition coefficient (Wildman–Crippen LogP) is 8.65. The Hall–Kier alpha value is -4.92. The van der Waals surface area contributed by atoms with Crippen molar-refractivity contribution in [1.82, 2.24) is 0 Å². The summed E-state index contributed by atoms with van der Waals surface area (Å²) in [5.74, 6) is 6.67. The van der Waals surface area contributed by atoms with Gasteiger partial charge in [0.2, 0.25) is 0 Å². The summed E-state index contributed by atoms with van der Waals surface area (Å²) in [6, 6.07) is 29.7. The molecule has 0 aliphatic rings. The van der Waals surface area contributed by atoms with Crippen LogP contribution in [0.4, 0.5) is 0 Å². The fourth-order valence-corrected chi connectivity index (χ4v) is 4.90. The average Bonchev–Trinajstić information content (AvgIpc) is 2.99. The van der Waals surface area contributed by atoms with Crippen molar-refractivity contribution in [1.29, 1.82) is 0 Å². The molecule has 198 valence electrons. The minimum Gasteiger partial charge on any atom is -0.481 e. The van der Waals surface area contributed by atoms with Crippen LogP contribution >= 0.6 is 0 Å². The van der Waals surface area contributed by atoms with Crippen molar-refractivity contribution < 1.29 is 9.47 Å². The van der Waals surface area contributed by atoms with Crippen LogP contribution in [0.2, 0.25) is 0 Å². The van der Waals surface area contributed by atoms with Gasteiger partial charge in [-0.05, 0) is 81.6 Å². The Morgan fingerprint density at radius 3 is 1.40 bits per heavy atom. The molecular weight excluding hydrogens is 488 g/mol. The minimum atomic E-state index is 0.0640. The second kappa shape index (κ2) is 13.7. The van der Waals surface area contributed by atoms with E-state index < -0.39 is 0 Å². The lowest BCUT2D eigenvalue weighted by Gasteiger charge is -2.22. The van der Waals surface area contributed by atoms with Crippen molar-refractivity contribution in [2.45, 2.75) is 25.7 Å². The molecule has 2 heteroatoms. The number of hydrogen-bond acceptors (Lipinski definition) is 2. The summed E-state index contributed by atoms with van der Waals surface area (Å²) in [5, 5.41) is 0. The van der Waals surface area contributed by atoms with Crippen LogP contribution in [0.3, 0.4) is 0 Å². The molecule has 0 unspecified atom stereocenters. The first-order valence-electron chi connectivity index (χ1n) is 13.4. The number of rotatable bonds is 12. The second-order valence-electron chi connectivity index (χ2n) is 9.58. The fourth-order valence-electron chi connectivity index (χ4n) is 4.90. The van der Waals surface area contributed by atoms with E-state index >= 15 is 0 Å². The van der Waals surface area contributed by atoms with Crippen molar-refractivity contribution in [3.05, 3.63) is 132 Å². The van der Waals surface area contributed by atoms with Crippen LogP contribution in [0, 0.1) is 24.7 Å². The molecule has 0 atom stereocenters. The molecule has 0 spiro atoms. The number of allylic oxidation sites excluding steroid dienone is 2. The van der Waals surface area contributed by atoms with Gasteiger partial charge in [-0.2, -0.15) is 0 Å². The number of benzene rings is 4. The van der Waals surface area contributed by atoms with Gasteiger partial charge in [-0.1, -0.05) is 91.6 Å². The monoisotopic (exact) mass is 522 g/mol. The predicted molar refractivity (Wildman–Crippen MR) is 168 cm³/mol. The molecule has 40 heavy (non-hydrogen) atoms. The lowest BCUT2D eigenvalue weighted by Crippen LogP contribution is -2.04. The average molecular weight is 523 g/mol. The van der Waals surface area contributed by atoms with E-state index in [2.05, 4.69) is 105 Å². The Morgan fingerprint density at radius 2 is 1.05 bits per heavy atom. The summed E-state index contributed by atoms with van der Waals surface area (Å²) >= 11 is 0. The molecule has 4 aromatic carbocycles. The molecule has 2 nitrogen and oxygen atoms in total. The normalized spacial score (nSPS) is 10.4. The van der Waals surface area contributed by atoms with Crippen molar-refractivity contribution in [3.8, 4) is 58.4 Å². The zero-order valence-corrected chi connectivity index (χ0v) is 23.0. The highest BCUT2D eigenvalue weighted by Crippen LogP contribution is 2.40. The molecule has 0 bridgehead atoms. The molecule has 0 amide bonds. The smallest absolute Gasteiger partial charge is 0.148 e. The van der Waals surface area contributed by atoms with Crippen LogP contribution in [0.25, 0.3) is 22.3 Å². The molecule has 4 rings (SSSR count). The molecule has 0 fully saturated rings. The lowest BCUT2D eigenvalue weighted by molar-refractivity contribution is 0.370. The molecule has 0 saturated carbocycles. The summed E-state index contributed by atoms with van der Waals surface area (Å²) in [5.41, 5.74) is 9.25. The van der Waals surface area contributed by atoms with Crippen molar-refractivity contribution in [2.75, 3.05) is 13.2 Å². The maximum absolute atomic E-state index is 5.81. The molecule has 0 N–H and O–H groups in total. The SMILES string of the molecule is C#CCOc1ccc(C(C)c2ccc(OCC#C)cc2-c2ccc(CC=C)cc2)c(-c2ccc(CC=C)cc2)c1. The molecule has 0 radical (unpaired) electrons. The minimum absolute atomic E-state index is 0.0640. The van der Waals surface area contributed by atoms with E-state index in [4.69, 9.17) is 22.3 Å². The topological polar surface area (TPSA) is 18.5 Å². The van der Waals surface area contributed by atoms with Gasteiger partial charge < -0.3 is 9.47 Å². The largest absolute Gasteiger partial charge is 0.481 e. The molecule has 0 saturated heterocycles. The van der Waals surface area contributed by atoms with E-state index in [1.165, 1.54) is 22.3 Å². The first-order valence-corrected chi connectivity index (χ1v) is 13.4. The number of terminal acetylenes is 2. The van der Waals surface area contributed by atoms with Gasteiger partial charge in [0.25, 0.3) is 0 Å². The zero-order chi connectivity index (χ0) is 28.3. The first-order chi connectivity index (χ1) is 19.6. The van der Waals surface area contributed by atoms with Crippen molar-refractivity contribution >= 4 is 0 Å². The third-order valence-electron chi connectivity index (χ3n) is 6.92. The van der Waals surface area contributed by atoms with E-state index in [9.17, 15) is 0 Å². The van der Waals surface area contributed by atoms with Gasteiger partial charge in [0.05, 0.1) is 0 Å². The second-order valence-corrected chi connectivity index (χ2v) is 9.58. The van der Waals surface area contributed by atoms with Crippen LogP contribution in [-0.2, 0) is 12.8 Å². The van der Waals surface area contributed by atoms with Crippen molar-refractivity contribution in [2.24, 2.45) is 0 Å². The molecule has 0 heterocycles. The van der Waals surface area contributed by atoms with Crippen molar-refractivity contribution in [3.63, 3.8) is 0 Å². The summed E-state index contributed by atoms with van der Waals surface area (Å²) < 4.78 is 11.6. The maximum Gasteiger partial charge on any atom is 0.148 e. The standard InChI is InChI=1S/C38H34O2/c1-6-10-29-12-16-31(17-13-29)37-26-33(39-24-8-3)20-22-35(37)28(5)36-23-21-34(40-25-9-4)27-38(36)32-18-14-30(11-7-2)15-19-32/h3-4,6-7,12-23,26-28H,1-2,10-11,24-25H2,5H3. The highest BCUT2D eigenvalue weighted by atomic mass is 16.5. The Labute approximate surface area is 239 Å². The van der Waals surface area contributed by atoms with E-state index in [-0.39, 0.29) is 19.1 Å². The fraction of sp³-hybridized carbons (Fsp3) is 0.158. The Balaban J connectivity index is 1.82. The zero-order valence-electron chi connectivity index (χ0n) is 23.0. The van der Waals surface area contributed by atoms with Gasteiger partial charge in [0, 0.05) is 5.92 Å². The van der Waals surface area contributed by atoms with E-state index in [0.717, 1.165) is 46.6 Å². The highest BCUT2D eigenvalue weighted by Gasteiger charge is 2.20. The molecule has 0 aliphatic carbocycles. The van der Waals surface area contributed by atoms with Crippen LogP contribution in [0.1, 0.15) is 35.1 Å². The van der Waals surface area contributed by atoms with E-state index in [1.807, 2.05) is 24.3 Å². The van der Waals surface area contributed by atoms with Crippen LogP contribution in [0.5, 0.6) is 11.5 Å². The maximum atomic E-state index is 5.81. The van der Waals surface area contributed by atoms with Gasteiger partial charge in [-0.3, -0.25) is 0 Å². The van der Waals surface area contributed by atoms with Crippen LogP contribution in [-0.4, -0.2) is 13.2 Å². The molecule has 4 aromatic rings. The van der Waals surface area contributed by atoms with Gasteiger partial charge in [0.1, 0.15) is 24.7 Å². The van der Waals surface area contributed by atoms with Gasteiger partial charge >= 0.3 is 0 Å². The summed E-state index contributed by atoms with van der Waals surface area (Å²) in [7, 11) is 0. The third-order valence-corrected chi connectivity index (χ3v) is 6.92. The quantitative estimate of drug-likeness (QED) is 0.137. The van der Waals surface area contributed by atoms with Crippen LogP contribution < -0.4 is 9.47 Å². The summed E-state index contributed by atoms with van der Waals surface area (Å²) in [6.45, 7) is 10.4. The van der Waals surface area contributed by atoms with Gasteiger partial charge in [0.15, 0.2) is 0 Å². The first kappa shape index (κ1) is 28.1. The summed E-state index contributed by atoms with van der Waals surface area (Å²) in [6.07, 6.45) is 16.4. The molecule has 0 aliphatic heterocycles. The van der Waals surface area contributed by atoms with Gasteiger partial charge in [-0.25, -0.2) is 0 Å². The van der Waals surface area contributed by atoms with Crippen LogP contribution in [0.15, 0.2) is 110 Å². The van der Waals surface area contributed by atoms with E-state index in [1.54, 1.807) is 0 Å².